The smallest absolute Gasteiger partial charge is 0.408 e. The first-order valence-corrected chi connectivity index (χ1v) is 12.4. The molecule has 0 bridgehead atoms. The number of alkyl carbamates (subject to hydrolysis) is 1. The molecule has 1 saturated heterocycles. The van der Waals surface area contributed by atoms with Gasteiger partial charge in [0.2, 0.25) is 5.91 Å². The standard InChI is InChI=1S/C24H34N4O3S/c1-24(2,3)31-23(30)27-21(22(29)28-14-15-32-17-28)10-6-7-13-25-16-19-12-11-18-8-4-5-9-20(18)26-19/h4-5,8-9,11-12,21,25H,6-7,10,13-17H2,1-3H3,(H,27,30)/t21-/m0/s1. The highest BCUT2D eigenvalue weighted by Gasteiger charge is 2.29. The van der Waals surface area contributed by atoms with Gasteiger partial charge in [-0.3, -0.25) is 9.78 Å². The minimum atomic E-state index is -0.595. The number of fused-ring (bicyclic) bond motifs is 1. The summed E-state index contributed by atoms with van der Waals surface area (Å²) < 4.78 is 5.36. The lowest BCUT2D eigenvalue weighted by molar-refractivity contribution is -0.132. The molecule has 1 aromatic carbocycles. The molecule has 1 fully saturated rings. The van der Waals surface area contributed by atoms with E-state index in [-0.39, 0.29) is 5.91 Å². The summed E-state index contributed by atoms with van der Waals surface area (Å²) in [6.45, 7) is 7.70. The van der Waals surface area contributed by atoms with Crippen LogP contribution in [0.4, 0.5) is 4.79 Å². The highest BCUT2D eigenvalue weighted by Crippen LogP contribution is 2.17. The SMILES string of the molecule is CC(C)(C)OC(=O)N[C@@H](CCCCNCc1ccc2ccccc2n1)C(=O)N1CCSC1. The third-order valence-electron chi connectivity index (χ3n) is 5.11. The van der Waals surface area contributed by atoms with Crippen molar-refractivity contribution >= 4 is 34.7 Å². The number of nitrogens with zero attached hydrogens (tertiary/aromatic N) is 2. The number of unbranched alkanes of at least 4 members (excludes halogenated alkanes) is 1. The first kappa shape index (κ1) is 24.3. The van der Waals surface area contributed by atoms with E-state index in [1.165, 1.54) is 0 Å². The molecule has 1 aromatic heterocycles. The summed E-state index contributed by atoms with van der Waals surface area (Å²) in [5, 5.41) is 7.35. The van der Waals surface area contributed by atoms with Gasteiger partial charge in [-0.25, -0.2) is 4.79 Å². The van der Waals surface area contributed by atoms with E-state index in [0.717, 1.165) is 48.3 Å². The lowest BCUT2D eigenvalue weighted by Gasteiger charge is -2.26. The van der Waals surface area contributed by atoms with Crippen LogP contribution in [0.15, 0.2) is 36.4 Å². The van der Waals surface area contributed by atoms with Gasteiger partial charge in [0.25, 0.3) is 0 Å². The van der Waals surface area contributed by atoms with Crippen molar-refractivity contribution in [3.8, 4) is 0 Å². The minimum absolute atomic E-state index is 0.0193. The first-order valence-electron chi connectivity index (χ1n) is 11.2. The number of pyridine rings is 1. The molecule has 0 spiro atoms. The van der Waals surface area contributed by atoms with Crippen molar-refractivity contribution in [3.63, 3.8) is 0 Å². The fraction of sp³-hybridized carbons (Fsp3) is 0.542. The van der Waals surface area contributed by atoms with E-state index in [0.29, 0.717) is 18.8 Å². The average Bonchev–Trinajstić information content (AvgIpc) is 3.28. The van der Waals surface area contributed by atoms with Crippen molar-refractivity contribution in [2.45, 2.75) is 58.2 Å². The van der Waals surface area contributed by atoms with Gasteiger partial charge in [-0.1, -0.05) is 24.3 Å². The van der Waals surface area contributed by atoms with E-state index in [2.05, 4.69) is 27.8 Å². The lowest BCUT2D eigenvalue weighted by Crippen LogP contribution is -2.49. The summed E-state index contributed by atoms with van der Waals surface area (Å²) in [4.78, 5) is 31.6. The Morgan fingerprint density at radius 2 is 2.00 bits per heavy atom. The number of hydrogen-bond acceptors (Lipinski definition) is 6. The maximum absolute atomic E-state index is 12.9. The van der Waals surface area contributed by atoms with E-state index < -0.39 is 17.7 Å². The fourth-order valence-electron chi connectivity index (χ4n) is 3.54. The summed E-state index contributed by atoms with van der Waals surface area (Å²) in [5.41, 5.74) is 1.42. The van der Waals surface area contributed by atoms with Crippen LogP contribution in [0.2, 0.25) is 0 Å². The van der Waals surface area contributed by atoms with Gasteiger partial charge < -0.3 is 20.3 Å². The number of carbonyl (C=O) groups excluding carboxylic acids is 2. The van der Waals surface area contributed by atoms with Gasteiger partial charge in [0.05, 0.1) is 17.1 Å². The van der Waals surface area contributed by atoms with Crippen LogP contribution in [0.5, 0.6) is 0 Å². The minimum Gasteiger partial charge on any atom is -0.444 e. The highest BCUT2D eigenvalue weighted by molar-refractivity contribution is 7.99. The molecule has 0 unspecified atom stereocenters. The molecule has 3 rings (SSSR count). The van der Waals surface area contributed by atoms with E-state index >= 15 is 0 Å². The van der Waals surface area contributed by atoms with E-state index in [1.807, 2.05) is 49.9 Å². The van der Waals surface area contributed by atoms with Gasteiger partial charge in [0, 0.05) is 24.2 Å². The number of nitrogens with one attached hydrogen (secondary N) is 2. The van der Waals surface area contributed by atoms with Gasteiger partial charge in [0.1, 0.15) is 11.6 Å². The number of thioether (sulfide) groups is 1. The number of aromatic nitrogens is 1. The summed E-state index contributed by atoms with van der Waals surface area (Å²) in [6.07, 6.45) is 1.78. The molecule has 1 atom stereocenters. The second-order valence-corrected chi connectivity index (χ2v) is 10.1. The van der Waals surface area contributed by atoms with Crippen LogP contribution in [0.25, 0.3) is 10.9 Å². The number of benzene rings is 1. The predicted octanol–water partition coefficient (Wildman–Crippen LogP) is 3.92. The average molecular weight is 459 g/mol. The molecule has 0 aliphatic carbocycles. The number of carbonyl (C=O) groups is 2. The number of ether oxygens (including phenoxy) is 1. The van der Waals surface area contributed by atoms with Crippen LogP contribution in [-0.2, 0) is 16.1 Å². The van der Waals surface area contributed by atoms with Crippen LogP contribution in [-0.4, -0.2) is 58.2 Å². The first-order chi connectivity index (χ1) is 15.3. The Morgan fingerprint density at radius 1 is 1.19 bits per heavy atom. The van der Waals surface area contributed by atoms with Gasteiger partial charge in [-0.2, -0.15) is 0 Å². The Labute approximate surface area is 194 Å². The van der Waals surface area contributed by atoms with E-state index in [4.69, 9.17) is 4.74 Å². The van der Waals surface area contributed by atoms with Crippen molar-refractivity contribution in [2.75, 3.05) is 24.7 Å². The number of rotatable bonds is 9. The van der Waals surface area contributed by atoms with Crippen molar-refractivity contribution in [1.82, 2.24) is 20.5 Å². The largest absolute Gasteiger partial charge is 0.444 e. The molecule has 174 valence electrons. The van der Waals surface area contributed by atoms with Crippen molar-refractivity contribution in [1.29, 1.82) is 0 Å². The van der Waals surface area contributed by atoms with Crippen LogP contribution in [0.3, 0.4) is 0 Å². The van der Waals surface area contributed by atoms with E-state index in [9.17, 15) is 9.59 Å². The Hall–Kier alpha value is -2.32. The zero-order valence-corrected chi connectivity index (χ0v) is 20.0. The Bertz CT molecular complexity index is 909. The molecule has 0 radical (unpaired) electrons. The molecule has 2 amide bonds. The highest BCUT2D eigenvalue weighted by atomic mass is 32.2. The second-order valence-electron chi connectivity index (χ2n) is 9.01. The summed E-state index contributed by atoms with van der Waals surface area (Å²) in [6, 6.07) is 11.7. The summed E-state index contributed by atoms with van der Waals surface area (Å²) in [7, 11) is 0. The molecule has 7 nitrogen and oxygen atoms in total. The monoisotopic (exact) mass is 458 g/mol. The van der Waals surface area contributed by atoms with E-state index in [1.54, 1.807) is 11.8 Å². The van der Waals surface area contributed by atoms with Crippen molar-refractivity contribution < 1.29 is 14.3 Å². The second kappa shape index (κ2) is 11.5. The zero-order chi connectivity index (χ0) is 23.0. The number of hydrogen-bond donors (Lipinski definition) is 2. The molecule has 1 aliphatic rings. The topological polar surface area (TPSA) is 83.6 Å². The number of para-hydroxylation sites is 1. The quantitative estimate of drug-likeness (QED) is 0.554. The van der Waals surface area contributed by atoms with Crippen LogP contribution >= 0.6 is 11.8 Å². The maximum atomic E-state index is 12.9. The van der Waals surface area contributed by atoms with Crippen LogP contribution in [0, 0.1) is 0 Å². The molecule has 32 heavy (non-hydrogen) atoms. The Morgan fingerprint density at radius 3 is 2.75 bits per heavy atom. The molecule has 8 heteroatoms. The zero-order valence-electron chi connectivity index (χ0n) is 19.2. The molecular formula is C24H34N4O3S. The lowest BCUT2D eigenvalue weighted by atomic mass is 10.1. The molecule has 2 heterocycles. The Kier molecular flexibility index (Phi) is 8.75. The molecule has 1 aliphatic heterocycles. The summed E-state index contributed by atoms with van der Waals surface area (Å²) >= 11 is 1.74. The molecule has 2 aromatic rings. The van der Waals surface area contributed by atoms with Crippen LogP contribution < -0.4 is 10.6 Å². The molecule has 2 N–H and O–H groups in total. The fourth-order valence-corrected chi connectivity index (χ4v) is 4.49. The van der Waals surface area contributed by atoms with Crippen molar-refractivity contribution in [3.05, 3.63) is 42.1 Å². The molecular weight excluding hydrogens is 424 g/mol. The van der Waals surface area contributed by atoms with Crippen molar-refractivity contribution in [2.24, 2.45) is 0 Å². The van der Waals surface area contributed by atoms with Gasteiger partial charge in [-0.15, -0.1) is 11.8 Å². The predicted molar refractivity (Wildman–Crippen MR) is 129 cm³/mol. The number of amides is 2. The normalized spacial score (nSPS) is 15.0. The van der Waals surface area contributed by atoms with Gasteiger partial charge >= 0.3 is 6.09 Å². The van der Waals surface area contributed by atoms with Gasteiger partial charge in [0.15, 0.2) is 0 Å². The maximum Gasteiger partial charge on any atom is 0.408 e. The van der Waals surface area contributed by atoms with Gasteiger partial charge in [-0.05, 0) is 58.7 Å². The van der Waals surface area contributed by atoms with Crippen LogP contribution in [0.1, 0.15) is 45.7 Å². The molecule has 0 saturated carbocycles. The Balaban J connectivity index is 1.43. The summed E-state index contributed by atoms with van der Waals surface area (Å²) in [5.74, 6) is 1.61. The third kappa shape index (κ3) is 7.67. The third-order valence-corrected chi connectivity index (χ3v) is 6.08.